The van der Waals surface area contributed by atoms with E-state index in [4.69, 9.17) is 0 Å². The van der Waals surface area contributed by atoms with Crippen molar-refractivity contribution in [2.24, 2.45) is 5.41 Å². The lowest BCUT2D eigenvalue weighted by Gasteiger charge is -2.26. The average Bonchev–Trinajstić information content (AvgIpc) is 2.78. The van der Waals surface area contributed by atoms with Crippen LogP contribution in [-0.2, 0) is 11.2 Å². The summed E-state index contributed by atoms with van der Waals surface area (Å²) in [6.45, 7) is 6.59. The van der Waals surface area contributed by atoms with E-state index in [1.165, 1.54) is 61.6 Å². The topological polar surface area (TPSA) is 17.1 Å². The van der Waals surface area contributed by atoms with Gasteiger partial charge in [-0.15, -0.1) is 12.6 Å². The smallest absolute Gasteiger partial charge is 0.192 e. The summed E-state index contributed by atoms with van der Waals surface area (Å²) in [7, 11) is 0. The summed E-state index contributed by atoms with van der Waals surface area (Å²) in [6, 6.07) is 19.6. The Balaban J connectivity index is 1.91. The maximum absolute atomic E-state index is 12.4. The summed E-state index contributed by atoms with van der Waals surface area (Å²) in [4.78, 5) is 12.4. The number of rotatable bonds is 15. The zero-order chi connectivity index (χ0) is 22.5. The van der Waals surface area contributed by atoms with Crippen LogP contribution >= 0.6 is 12.6 Å². The molecule has 31 heavy (non-hydrogen) atoms. The van der Waals surface area contributed by atoms with E-state index in [-0.39, 0.29) is 10.5 Å². The lowest BCUT2D eigenvalue weighted by molar-refractivity contribution is -0.119. The van der Waals surface area contributed by atoms with Gasteiger partial charge in [-0.25, -0.2) is 0 Å². The van der Waals surface area contributed by atoms with Gasteiger partial charge in [0.2, 0.25) is 0 Å². The molecule has 2 atom stereocenters. The molecule has 170 valence electrons. The molecule has 0 heterocycles. The van der Waals surface area contributed by atoms with Crippen LogP contribution < -0.4 is 0 Å². The Bertz CT molecular complexity index is 752. The van der Waals surface area contributed by atoms with Crippen molar-refractivity contribution in [3.63, 3.8) is 0 Å². The highest BCUT2D eigenvalue weighted by atomic mass is 32.1. The van der Waals surface area contributed by atoms with Gasteiger partial charge in [0.05, 0.1) is 0 Å². The fourth-order valence-electron chi connectivity index (χ4n) is 4.59. The molecule has 2 unspecified atom stereocenters. The summed E-state index contributed by atoms with van der Waals surface area (Å²) in [5.74, 6) is 0.422. The molecule has 0 N–H and O–H groups in total. The maximum Gasteiger partial charge on any atom is 0.192 e. The van der Waals surface area contributed by atoms with E-state index in [1.807, 2.05) is 0 Å². The number of carbonyl (C=O) groups excluding carboxylic acids is 1. The van der Waals surface area contributed by atoms with Gasteiger partial charge >= 0.3 is 0 Å². The second kappa shape index (κ2) is 13.8. The lowest BCUT2D eigenvalue weighted by Crippen LogP contribution is -2.27. The summed E-state index contributed by atoms with van der Waals surface area (Å²) >= 11 is 4.27. The molecule has 0 aromatic heterocycles. The van der Waals surface area contributed by atoms with Crippen LogP contribution in [0.15, 0.2) is 54.6 Å². The Morgan fingerprint density at radius 3 is 1.90 bits per heavy atom. The first-order valence-corrected chi connectivity index (χ1v) is 12.8. The Kier molecular flexibility index (Phi) is 11.4. The Morgan fingerprint density at radius 2 is 1.35 bits per heavy atom. The van der Waals surface area contributed by atoms with Gasteiger partial charge in [-0.1, -0.05) is 127 Å². The van der Waals surface area contributed by atoms with Crippen molar-refractivity contribution in [2.75, 3.05) is 0 Å². The Morgan fingerprint density at radius 1 is 0.806 bits per heavy atom. The van der Waals surface area contributed by atoms with E-state index >= 15 is 0 Å². The SMILES string of the molecule is CCCCCCCCCCC(C)(Cc1ccc(C(CC)c2ccccc2)cc1)C(=O)S. The molecule has 0 bridgehead atoms. The van der Waals surface area contributed by atoms with Crippen LogP contribution in [0.4, 0.5) is 0 Å². The molecule has 0 spiro atoms. The lowest BCUT2D eigenvalue weighted by atomic mass is 9.79. The monoisotopic (exact) mass is 438 g/mol. The second-order valence-corrected chi connectivity index (χ2v) is 9.79. The number of hydrogen-bond acceptors (Lipinski definition) is 1. The standard InChI is InChI=1S/C29H42OS/c1-4-6-7-8-9-10-11-15-22-29(3,28(30)31)23-24-18-20-26(21-19-24)27(5-2)25-16-13-12-14-17-25/h12-14,16-21,27H,4-11,15,22-23H2,1-3H3,(H,30,31). The Hall–Kier alpha value is -1.54. The van der Waals surface area contributed by atoms with Gasteiger partial charge in [-0.2, -0.15) is 0 Å². The van der Waals surface area contributed by atoms with Crippen LogP contribution in [0.3, 0.4) is 0 Å². The zero-order valence-corrected chi connectivity index (χ0v) is 20.8. The highest BCUT2D eigenvalue weighted by Crippen LogP contribution is 2.33. The zero-order valence-electron chi connectivity index (χ0n) is 19.9. The minimum Gasteiger partial charge on any atom is -0.287 e. The third kappa shape index (κ3) is 8.48. The fourth-order valence-corrected chi connectivity index (χ4v) is 4.78. The van der Waals surface area contributed by atoms with E-state index in [0.29, 0.717) is 5.92 Å². The molecule has 0 radical (unpaired) electrons. The molecule has 0 saturated carbocycles. The first-order chi connectivity index (χ1) is 15.0. The predicted octanol–water partition coefficient (Wildman–Crippen LogP) is 8.76. The van der Waals surface area contributed by atoms with E-state index in [1.54, 1.807) is 0 Å². The van der Waals surface area contributed by atoms with Crippen molar-refractivity contribution in [1.29, 1.82) is 0 Å². The molecule has 2 rings (SSSR count). The molecule has 2 heteroatoms. The summed E-state index contributed by atoms with van der Waals surface area (Å²) in [5.41, 5.74) is 3.56. The molecule has 0 saturated heterocycles. The van der Waals surface area contributed by atoms with Crippen LogP contribution in [0.5, 0.6) is 0 Å². The second-order valence-electron chi connectivity index (χ2n) is 9.38. The van der Waals surface area contributed by atoms with Crippen molar-refractivity contribution >= 4 is 17.7 Å². The molecule has 0 aliphatic heterocycles. The van der Waals surface area contributed by atoms with Crippen LogP contribution in [-0.4, -0.2) is 5.12 Å². The third-order valence-electron chi connectivity index (χ3n) is 6.68. The van der Waals surface area contributed by atoms with Crippen LogP contribution in [0.2, 0.25) is 0 Å². The maximum atomic E-state index is 12.4. The molecule has 2 aromatic rings. The van der Waals surface area contributed by atoms with E-state index in [9.17, 15) is 4.79 Å². The van der Waals surface area contributed by atoms with Gasteiger partial charge in [-0.3, -0.25) is 4.79 Å². The van der Waals surface area contributed by atoms with Gasteiger partial charge in [-0.05, 0) is 36.0 Å². The van der Waals surface area contributed by atoms with Crippen molar-refractivity contribution in [1.82, 2.24) is 0 Å². The van der Waals surface area contributed by atoms with Crippen LogP contribution in [0.1, 0.15) is 108 Å². The summed E-state index contributed by atoms with van der Waals surface area (Å²) in [6.07, 6.45) is 13.1. The molecule has 0 fully saturated rings. The fraction of sp³-hybridized carbons (Fsp3) is 0.552. The highest BCUT2D eigenvalue weighted by molar-refractivity contribution is 7.96. The van der Waals surface area contributed by atoms with Crippen LogP contribution in [0.25, 0.3) is 0 Å². The van der Waals surface area contributed by atoms with Gasteiger partial charge in [0.1, 0.15) is 0 Å². The average molecular weight is 439 g/mol. The molecule has 0 amide bonds. The normalized spacial score (nSPS) is 14.2. The molecular weight excluding hydrogens is 396 g/mol. The van der Waals surface area contributed by atoms with Gasteiger partial charge in [0, 0.05) is 11.3 Å². The number of benzene rings is 2. The summed E-state index contributed by atoms with van der Waals surface area (Å²) < 4.78 is 0. The molecule has 0 aliphatic rings. The molecule has 1 nitrogen and oxygen atoms in total. The number of thiol groups is 1. The summed E-state index contributed by atoms with van der Waals surface area (Å²) in [5, 5.41) is 0.0234. The molecule has 0 aliphatic carbocycles. The first-order valence-electron chi connectivity index (χ1n) is 12.4. The minimum atomic E-state index is -0.379. The minimum absolute atomic E-state index is 0.0234. The quantitative estimate of drug-likeness (QED) is 0.217. The van der Waals surface area contributed by atoms with Crippen molar-refractivity contribution < 1.29 is 4.79 Å². The third-order valence-corrected chi connectivity index (χ3v) is 7.22. The molecular formula is C29H42OS. The van der Waals surface area contributed by atoms with Crippen molar-refractivity contribution in [3.05, 3.63) is 71.3 Å². The largest absolute Gasteiger partial charge is 0.287 e. The van der Waals surface area contributed by atoms with E-state index in [2.05, 4.69) is 88.0 Å². The van der Waals surface area contributed by atoms with Crippen molar-refractivity contribution in [2.45, 2.75) is 97.3 Å². The van der Waals surface area contributed by atoms with Crippen molar-refractivity contribution in [3.8, 4) is 0 Å². The number of hydrogen-bond donors (Lipinski definition) is 1. The predicted molar refractivity (Wildman–Crippen MR) is 138 cm³/mol. The first kappa shape index (κ1) is 25.7. The van der Waals surface area contributed by atoms with E-state index < -0.39 is 0 Å². The molecule has 2 aromatic carbocycles. The van der Waals surface area contributed by atoms with Gasteiger partial charge in [0.25, 0.3) is 0 Å². The number of carbonyl (C=O) groups is 1. The van der Waals surface area contributed by atoms with Gasteiger partial charge in [0.15, 0.2) is 5.12 Å². The Labute approximate surface area is 196 Å². The van der Waals surface area contributed by atoms with Gasteiger partial charge < -0.3 is 0 Å². The highest BCUT2D eigenvalue weighted by Gasteiger charge is 2.30. The van der Waals surface area contributed by atoms with E-state index in [0.717, 1.165) is 25.7 Å². The van der Waals surface area contributed by atoms with Crippen LogP contribution in [0, 0.1) is 5.41 Å². The number of unbranched alkanes of at least 4 members (excludes halogenated alkanes) is 7.